The van der Waals surface area contributed by atoms with Gasteiger partial charge in [-0.15, -0.1) is 24.8 Å². The molecule has 3 heterocycles. The highest BCUT2D eigenvalue weighted by Gasteiger charge is 2.41. The Bertz CT molecular complexity index is 609. The third-order valence-corrected chi connectivity index (χ3v) is 5.96. The average Bonchev–Trinajstić information content (AvgIpc) is 3.00. The summed E-state index contributed by atoms with van der Waals surface area (Å²) in [5, 5.41) is 7.18. The van der Waals surface area contributed by atoms with E-state index in [1.54, 1.807) is 6.07 Å². The van der Waals surface area contributed by atoms with Crippen LogP contribution in [-0.2, 0) is 4.74 Å². The van der Waals surface area contributed by atoms with Gasteiger partial charge in [-0.3, -0.25) is 0 Å². The van der Waals surface area contributed by atoms with Crippen molar-refractivity contribution in [2.45, 2.75) is 49.8 Å². The number of halogens is 4. The maximum atomic E-state index is 13.4. The predicted molar refractivity (Wildman–Crippen MR) is 108 cm³/mol. The van der Waals surface area contributed by atoms with E-state index in [0.717, 1.165) is 70.6 Å². The van der Waals surface area contributed by atoms with Gasteiger partial charge in [0, 0.05) is 36.9 Å². The zero-order valence-electron chi connectivity index (χ0n) is 15.4. The van der Waals surface area contributed by atoms with Crippen LogP contribution in [0.5, 0.6) is 0 Å². The molecule has 1 aromatic carbocycles. The van der Waals surface area contributed by atoms with Crippen LogP contribution in [0.4, 0.5) is 14.5 Å². The second-order valence-electron chi connectivity index (χ2n) is 7.67. The minimum absolute atomic E-state index is 0. The van der Waals surface area contributed by atoms with Crippen LogP contribution in [-0.4, -0.2) is 50.5 Å². The van der Waals surface area contributed by atoms with Gasteiger partial charge in [-0.1, -0.05) is 0 Å². The first-order chi connectivity index (χ1) is 12.1. The lowest BCUT2D eigenvalue weighted by atomic mass is 9.88. The number of piperidine rings is 2. The Hall–Kier alpha value is -0.660. The Morgan fingerprint density at radius 3 is 2.41 bits per heavy atom. The molecule has 1 spiro atoms. The van der Waals surface area contributed by atoms with Gasteiger partial charge in [-0.2, -0.15) is 0 Å². The Balaban J connectivity index is 0.00000131. The lowest BCUT2D eigenvalue weighted by Crippen LogP contribution is -2.47. The molecular formula is C19H29Cl2F2N3O. The lowest BCUT2D eigenvalue weighted by Gasteiger charge is -2.36. The number of nitrogens with one attached hydrogen (secondary N) is 2. The summed E-state index contributed by atoms with van der Waals surface area (Å²) in [6.07, 6.45) is 5.37. The van der Waals surface area contributed by atoms with Gasteiger partial charge in [-0.05, 0) is 57.3 Å². The molecule has 8 heteroatoms. The molecule has 4 nitrogen and oxygen atoms in total. The molecule has 2 N–H and O–H groups in total. The summed E-state index contributed by atoms with van der Waals surface area (Å²) in [6, 6.07) is 5.10. The van der Waals surface area contributed by atoms with Gasteiger partial charge >= 0.3 is 0 Å². The molecule has 0 bridgehead atoms. The van der Waals surface area contributed by atoms with Gasteiger partial charge in [0.1, 0.15) is 0 Å². The van der Waals surface area contributed by atoms with Gasteiger partial charge in [0.05, 0.1) is 12.2 Å². The average molecular weight is 424 g/mol. The highest BCUT2D eigenvalue weighted by Crippen LogP contribution is 2.34. The summed E-state index contributed by atoms with van der Waals surface area (Å²) in [5.74, 6) is -1.55. The number of nitrogens with zero attached hydrogens (tertiary/aromatic N) is 1. The number of anilines is 1. The summed E-state index contributed by atoms with van der Waals surface area (Å²) >= 11 is 0. The minimum atomic E-state index is -0.784. The quantitative estimate of drug-likeness (QED) is 0.781. The monoisotopic (exact) mass is 423 g/mol. The van der Waals surface area contributed by atoms with Gasteiger partial charge in [-0.25, -0.2) is 8.78 Å². The van der Waals surface area contributed by atoms with Crippen LogP contribution in [0.25, 0.3) is 0 Å². The van der Waals surface area contributed by atoms with Crippen molar-refractivity contribution in [1.82, 2.24) is 10.6 Å². The first-order valence-electron chi connectivity index (χ1n) is 9.44. The van der Waals surface area contributed by atoms with E-state index in [9.17, 15) is 8.78 Å². The topological polar surface area (TPSA) is 36.5 Å². The van der Waals surface area contributed by atoms with Crippen molar-refractivity contribution in [3.05, 3.63) is 29.8 Å². The van der Waals surface area contributed by atoms with E-state index in [-0.39, 0.29) is 30.4 Å². The van der Waals surface area contributed by atoms with E-state index < -0.39 is 11.6 Å². The smallest absolute Gasteiger partial charge is 0.160 e. The van der Waals surface area contributed by atoms with Crippen molar-refractivity contribution in [1.29, 1.82) is 0 Å². The van der Waals surface area contributed by atoms with Crippen molar-refractivity contribution >= 4 is 30.5 Å². The molecule has 1 unspecified atom stereocenters. The van der Waals surface area contributed by atoms with Crippen LogP contribution in [0.15, 0.2) is 18.2 Å². The van der Waals surface area contributed by atoms with Crippen molar-refractivity contribution in [3.8, 4) is 0 Å². The summed E-state index contributed by atoms with van der Waals surface area (Å²) in [5.41, 5.74) is 0.866. The molecule has 3 fully saturated rings. The molecule has 154 valence electrons. The first kappa shape index (κ1) is 22.6. The summed E-state index contributed by atoms with van der Waals surface area (Å²) < 4.78 is 32.7. The number of ether oxygens (including phenoxy) is 1. The van der Waals surface area contributed by atoms with E-state index in [1.807, 2.05) is 0 Å². The highest BCUT2D eigenvalue weighted by molar-refractivity contribution is 5.85. The fourth-order valence-corrected chi connectivity index (χ4v) is 4.50. The third kappa shape index (κ3) is 5.24. The van der Waals surface area contributed by atoms with E-state index in [4.69, 9.17) is 4.74 Å². The van der Waals surface area contributed by atoms with Crippen LogP contribution in [0.2, 0.25) is 0 Å². The Morgan fingerprint density at radius 1 is 1.04 bits per heavy atom. The summed E-state index contributed by atoms with van der Waals surface area (Å²) in [7, 11) is 0. The Kier molecular flexibility index (Phi) is 8.13. The fraction of sp³-hybridized carbons (Fsp3) is 0.684. The largest absolute Gasteiger partial charge is 0.373 e. The molecular weight excluding hydrogens is 395 g/mol. The molecule has 3 aliphatic heterocycles. The van der Waals surface area contributed by atoms with Crippen molar-refractivity contribution in [2.24, 2.45) is 0 Å². The standard InChI is InChI=1S/C19H27F2N3O.2ClH/c20-17-2-1-16(11-18(17)21)24-9-3-14(4-10-24)23-15-12-19(25-13-15)5-7-22-8-6-19;;/h1-2,11,14-15,22-23H,3-10,12-13H2;2*1H. The van der Waals surface area contributed by atoms with Crippen LogP contribution in [0.3, 0.4) is 0 Å². The molecule has 0 radical (unpaired) electrons. The van der Waals surface area contributed by atoms with Gasteiger partial charge in [0.15, 0.2) is 11.6 Å². The molecule has 0 aliphatic carbocycles. The molecule has 0 aromatic heterocycles. The summed E-state index contributed by atoms with van der Waals surface area (Å²) in [4.78, 5) is 2.14. The zero-order chi connectivity index (χ0) is 17.3. The number of hydrogen-bond acceptors (Lipinski definition) is 4. The molecule has 1 aromatic rings. The van der Waals surface area contributed by atoms with Crippen LogP contribution >= 0.6 is 24.8 Å². The maximum Gasteiger partial charge on any atom is 0.160 e. The van der Waals surface area contributed by atoms with Crippen LogP contribution in [0, 0.1) is 11.6 Å². The molecule has 0 saturated carbocycles. The van der Waals surface area contributed by atoms with E-state index in [1.165, 1.54) is 12.1 Å². The van der Waals surface area contributed by atoms with Crippen molar-refractivity contribution in [2.75, 3.05) is 37.7 Å². The second-order valence-corrected chi connectivity index (χ2v) is 7.67. The number of benzene rings is 1. The van der Waals surface area contributed by atoms with Crippen LogP contribution < -0.4 is 15.5 Å². The molecule has 3 aliphatic rings. The molecule has 1 atom stereocenters. The molecule has 0 amide bonds. The number of rotatable bonds is 3. The first-order valence-corrected chi connectivity index (χ1v) is 9.44. The normalized spacial score (nSPS) is 25.1. The van der Waals surface area contributed by atoms with Crippen molar-refractivity contribution < 1.29 is 13.5 Å². The molecule has 27 heavy (non-hydrogen) atoms. The predicted octanol–water partition coefficient (Wildman–Crippen LogP) is 3.28. The zero-order valence-corrected chi connectivity index (χ0v) is 17.0. The highest BCUT2D eigenvalue weighted by atomic mass is 35.5. The Morgan fingerprint density at radius 2 is 1.74 bits per heavy atom. The van der Waals surface area contributed by atoms with E-state index in [2.05, 4.69) is 15.5 Å². The number of hydrogen-bond donors (Lipinski definition) is 2. The second kappa shape index (κ2) is 9.70. The lowest BCUT2D eigenvalue weighted by molar-refractivity contribution is -0.0194. The SMILES string of the molecule is Cl.Cl.Fc1ccc(N2CCC(NC3COC4(CCNCC4)C3)CC2)cc1F. The van der Waals surface area contributed by atoms with Crippen LogP contribution in [0.1, 0.15) is 32.1 Å². The van der Waals surface area contributed by atoms with Crippen molar-refractivity contribution in [3.63, 3.8) is 0 Å². The minimum Gasteiger partial charge on any atom is -0.373 e. The third-order valence-electron chi connectivity index (χ3n) is 5.96. The fourth-order valence-electron chi connectivity index (χ4n) is 4.50. The van der Waals surface area contributed by atoms with Gasteiger partial charge in [0.25, 0.3) is 0 Å². The van der Waals surface area contributed by atoms with Gasteiger partial charge < -0.3 is 20.3 Å². The summed E-state index contributed by atoms with van der Waals surface area (Å²) in [6.45, 7) is 4.65. The van der Waals surface area contributed by atoms with Gasteiger partial charge in [0.2, 0.25) is 0 Å². The molecule has 4 rings (SSSR count). The Labute approximate surface area is 172 Å². The maximum absolute atomic E-state index is 13.4. The molecule has 3 saturated heterocycles. The van der Waals surface area contributed by atoms with E-state index >= 15 is 0 Å². The van der Waals surface area contributed by atoms with E-state index in [0.29, 0.717) is 12.1 Å².